The minimum atomic E-state index is -3.88. The van der Waals surface area contributed by atoms with Gasteiger partial charge in [-0.3, -0.25) is 9.52 Å². The van der Waals surface area contributed by atoms with Gasteiger partial charge in [0.15, 0.2) is 0 Å². The van der Waals surface area contributed by atoms with Gasteiger partial charge in [-0.2, -0.15) is 4.98 Å². The Balaban J connectivity index is 1.45. The Bertz CT molecular complexity index is 1270. The maximum Gasteiger partial charge on any atom is 0.261 e. The van der Waals surface area contributed by atoms with Gasteiger partial charge in [-0.15, -0.1) is 0 Å². The number of nitrogens with zero attached hydrogens (tertiary/aromatic N) is 2. The Morgan fingerprint density at radius 2 is 1.88 bits per heavy atom. The average Bonchev–Trinajstić information content (AvgIpc) is 3.39. The SMILES string of the molecule is CC1(C(=O)Nc2ccc(NS(=O)(=O)c3cccc(-c4noc([C@@H](N)CCCN)n4)c3)cc2)CC1. The van der Waals surface area contributed by atoms with E-state index < -0.39 is 16.1 Å². The van der Waals surface area contributed by atoms with E-state index in [1.807, 2.05) is 6.92 Å². The normalized spacial score (nSPS) is 15.5. The van der Waals surface area contributed by atoms with Crippen molar-refractivity contribution >= 4 is 27.3 Å². The topological polar surface area (TPSA) is 166 Å². The summed E-state index contributed by atoms with van der Waals surface area (Å²) in [5, 5.41) is 6.79. The Morgan fingerprint density at radius 1 is 1.18 bits per heavy atom. The quantitative estimate of drug-likeness (QED) is 0.341. The molecule has 180 valence electrons. The molecule has 1 fully saturated rings. The first kappa shape index (κ1) is 23.9. The van der Waals surface area contributed by atoms with Crippen molar-refractivity contribution in [3.63, 3.8) is 0 Å². The fourth-order valence-electron chi connectivity index (χ4n) is 3.30. The van der Waals surface area contributed by atoms with Crippen molar-refractivity contribution in [3.05, 3.63) is 54.4 Å². The Kier molecular flexibility index (Phi) is 6.69. The van der Waals surface area contributed by atoms with Crippen molar-refractivity contribution in [1.82, 2.24) is 10.1 Å². The number of rotatable bonds is 10. The number of hydrogen-bond acceptors (Lipinski definition) is 8. The number of carbonyl (C=O) groups is 1. The van der Waals surface area contributed by atoms with Gasteiger partial charge in [0.05, 0.1) is 10.9 Å². The predicted molar refractivity (Wildman–Crippen MR) is 128 cm³/mol. The minimum absolute atomic E-state index is 0.0254. The number of sulfonamides is 1. The van der Waals surface area contributed by atoms with Crippen molar-refractivity contribution < 1.29 is 17.7 Å². The number of amides is 1. The number of anilines is 2. The molecule has 1 saturated carbocycles. The lowest BCUT2D eigenvalue weighted by Gasteiger charge is -2.12. The first-order valence-corrected chi connectivity index (χ1v) is 12.5. The molecule has 6 N–H and O–H groups in total. The van der Waals surface area contributed by atoms with Gasteiger partial charge in [0.25, 0.3) is 10.0 Å². The van der Waals surface area contributed by atoms with E-state index in [4.69, 9.17) is 16.0 Å². The van der Waals surface area contributed by atoms with Gasteiger partial charge in [0, 0.05) is 22.4 Å². The van der Waals surface area contributed by atoms with Crippen molar-refractivity contribution in [2.24, 2.45) is 16.9 Å². The molecule has 4 rings (SSSR count). The second kappa shape index (κ2) is 9.53. The van der Waals surface area contributed by atoms with Crippen molar-refractivity contribution in [2.45, 2.75) is 43.5 Å². The molecule has 1 aromatic heterocycles. The molecule has 1 atom stereocenters. The van der Waals surface area contributed by atoms with Crippen LogP contribution in [0, 0.1) is 5.41 Å². The third-order valence-corrected chi connectivity index (χ3v) is 7.20. The Labute approximate surface area is 198 Å². The van der Waals surface area contributed by atoms with Crippen molar-refractivity contribution in [3.8, 4) is 11.4 Å². The smallest absolute Gasteiger partial charge is 0.261 e. The lowest BCUT2D eigenvalue weighted by molar-refractivity contribution is -0.120. The summed E-state index contributed by atoms with van der Waals surface area (Å²) in [6, 6.07) is 12.3. The van der Waals surface area contributed by atoms with Gasteiger partial charge >= 0.3 is 0 Å². The molecule has 1 aliphatic carbocycles. The fourth-order valence-corrected chi connectivity index (χ4v) is 4.40. The predicted octanol–water partition coefficient (Wildman–Crippen LogP) is 3.01. The first-order chi connectivity index (χ1) is 16.2. The largest absolute Gasteiger partial charge is 0.337 e. The van der Waals surface area contributed by atoms with E-state index in [0.717, 1.165) is 19.3 Å². The van der Waals surface area contributed by atoms with Crippen LogP contribution in [0.1, 0.15) is 44.5 Å². The monoisotopic (exact) mass is 484 g/mol. The van der Waals surface area contributed by atoms with Gasteiger partial charge in [0.1, 0.15) is 0 Å². The summed E-state index contributed by atoms with van der Waals surface area (Å²) in [6.45, 7) is 2.43. The third kappa shape index (κ3) is 5.44. The highest BCUT2D eigenvalue weighted by molar-refractivity contribution is 7.92. The Hall–Kier alpha value is -3.28. The average molecular weight is 485 g/mol. The van der Waals surface area contributed by atoms with E-state index in [-0.39, 0.29) is 27.9 Å². The maximum atomic E-state index is 12.9. The number of nitrogens with two attached hydrogens (primary N) is 2. The number of aromatic nitrogens is 2. The lowest BCUT2D eigenvalue weighted by Crippen LogP contribution is -2.21. The summed E-state index contributed by atoms with van der Waals surface area (Å²) < 4.78 is 33.7. The van der Waals surface area contributed by atoms with E-state index in [0.29, 0.717) is 29.9 Å². The molecule has 1 aliphatic rings. The van der Waals surface area contributed by atoms with Crippen LogP contribution in [-0.2, 0) is 14.8 Å². The van der Waals surface area contributed by atoms with Gasteiger partial charge < -0.3 is 21.3 Å². The molecule has 2 aromatic carbocycles. The maximum absolute atomic E-state index is 12.9. The van der Waals surface area contributed by atoms with E-state index in [9.17, 15) is 13.2 Å². The van der Waals surface area contributed by atoms with Crippen LogP contribution in [0.2, 0.25) is 0 Å². The zero-order valence-electron chi connectivity index (χ0n) is 18.8. The van der Waals surface area contributed by atoms with Gasteiger partial charge in [-0.1, -0.05) is 24.2 Å². The van der Waals surface area contributed by atoms with Crippen molar-refractivity contribution in [2.75, 3.05) is 16.6 Å². The first-order valence-electron chi connectivity index (χ1n) is 11.0. The molecule has 0 bridgehead atoms. The van der Waals surface area contributed by atoms with Crippen LogP contribution in [-0.4, -0.2) is 31.0 Å². The molecule has 0 aliphatic heterocycles. The molecule has 34 heavy (non-hydrogen) atoms. The van der Waals surface area contributed by atoms with Crippen LogP contribution < -0.4 is 21.5 Å². The molecular formula is C23H28N6O4S. The lowest BCUT2D eigenvalue weighted by atomic mass is 10.1. The molecule has 11 heteroatoms. The second-order valence-electron chi connectivity index (χ2n) is 8.72. The van der Waals surface area contributed by atoms with Crippen LogP contribution >= 0.6 is 0 Å². The molecule has 1 heterocycles. The number of benzene rings is 2. The minimum Gasteiger partial charge on any atom is -0.337 e. The number of carbonyl (C=O) groups excluding carboxylic acids is 1. The van der Waals surface area contributed by atoms with E-state index in [1.165, 1.54) is 12.1 Å². The van der Waals surface area contributed by atoms with E-state index in [1.54, 1.807) is 36.4 Å². The van der Waals surface area contributed by atoms with Crippen LogP contribution in [0.4, 0.5) is 11.4 Å². The summed E-state index contributed by atoms with van der Waals surface area (Å²) >= 11 is 0. The Morgan fingerprint density at radius 3 is 2.56 bits per heavy atom. The second-order valence-corrected chi connectivity index (χ2v) is 10.4. The summed E-state index contributed by atoms with van der Waals surface area (Å²) in [5.74, 6) is 0.500. The zero-order chi connectivity index (χ0) is 24.3. The van der Waals surface area contributed by atoms with Crippen LogP contribution in [0.3, 0.4) is 0 Å². The van der Waals surface area contributed by atoms with E-state index >= 15 is 0 Å². The van der Waals surface area contributed by atoms with Crippen LogP contribution in [0.5, 0.6) is 0 Å². The standard InChI is InChI=1S/C23H28N6O4S/c1-23(11-12-23)22(30)26-16-7-9-17(10-8-16)29-34(31,32)18-5-2-4-15(14-18)20-27-21(33-28-20)19(25)6-3-13-24/h2,4-5,7-10,14,19,29H,3,6,11-13,24-25H2,1H3,(H,26,30)/t19-/m0/s1. The molecule has 3 aromatic rings. The van der Waals surface area contributed by atoms with Crippen LogP contribution in [0.25, 0.3) is 11.4 Å². The number of nitrogens with one attached hydrogen (secondary N) is 2. The molecular weight excluding hydrogens is 456 g/mol. The molecule has 0 unspecified atom stereocenters. The van der Waals surface area contributed by atoms with Gasteiger partial charge in [-0.05, 0) is 68.6 Å². The molecule has 0 spiro atoms. The fraction of sp³-hybridized carbons (Fsp3) is 0.348. The van der Waals surface area contributed by atoms with Gasteiger partial charge in [0.2, 0.25) is 17.6 Å². The highest BCUT2D eigenvalue weighted by Crippen LogP contribution is 2.45. The highest BCUT2D eigenvalue weighted by atomic mass is 32.2. The molecule has 1 amide bonds. The molecule has 10 nitrogen and oxygen atoms in total. The molecule has 0 radical (unpaired) electrons. The number of hydrogen-bond donors (Lipinski definition) is 4. The third-order valence-electron chi connectivity index (χ3n) is 5.82. The van der Waals surface area contributed by atoms with E-state index in [2.05, 4.69) is 20.2 Å². The zero-order valence-corrected chi connectivity index (χ0v) is 19.6. The summed E-state index contributed by atoms with van der Waals surface area (Å²) in [5.41, 5.74) is 12.7. The summed E-state index contributed by atoms with van der Waals surface area (Å²) in [6.07, 6.45) is 3.09. The van der Waals surface area contributed by atoms with Gasteiger partial charge in [-0.25, -0.2) is 8.42 Å². The highest BCUT2D eigenvalue weighted by Gasteiger charge is 2.44. The summed E-state index contributed by atoms with van der Waals surface area (Å²) in [7, 11) is -3.88. The summed E-state index contributed by atoms with van der Waals surface area (Å²) in [4.78, 5) is 16.5. The molecule has 0 saturated heterocycles. The van der Waals surface area contributed by atoms with Crippen molar-refractivity contribution in [1.29, 1.82) is 0 Å². The van der Waals surface area contributed by atoms with Crippen LogP contribution in [0.15, 0.2) is 57.9 Å².